The molecule has 0 aliphatic heterocycles. The average Bonchev–Trinajstić information content (AvgIpc) is 2.99. The van der Waals surface area contributed by atoms with Crippen LogP contribution in [0.2, 0.25) is 0 Å². The van der Waals surface area contributed by atoms with E-state index < -0.39 is 0 Å². The Kier molecular flexibility index (Phi) is 4.38. The van der Waals surface area contributed by atoms with Crippen LogP contribution in [0.25, 0.3) is 16.9 Å². The second-order valence-corrected chi connectivity index (χ2v) is 8.13. The fourth-order valence-electron chi connectivity index (χ4n) is 3.39. The lowest BCUT2D eigenvalue weighted by molar-refractivity contribution is 0.590. The van der Waals surface area contributed by atoms with Crippen molar-refractivity contribution in [3.8, 4) is 5.69 Å². The van der Waals surface area contributed by atoms with Crippen molar-refractivity contribution >= 4 is 22.7 Å². The van der Waals surface area contributed by atoms with E-state index in [0.717, 1.165) is 28.4 Å². The molecule has 142 valence electrons. The Bertz CT molecular complexity index is 1130. The lowest BCUT2D eigenvalue weighted by Gasteiger charge is -2.19. The van der Waals surface area contributed by atoms with Gasteiger partial charge in [0.1, 0.15) is 12.2 Å². The van der Waals surface area contributed by atoms with Crippen LogP contribution in [0.4, 0.5) is 11.5 Å². The topological polar surface area (TPSA) is 55.6 Å². The molecule has 2 aromatic carbocycles. The standard InChI is InChI=1S/C23H25N5/c1-15-8-6-7-9-19(15)28-16(2)26-20-21(24-14-25-22(20)28)27-18-12-10-17(11-13-18)23(3,4)5/h6-14H,1-5H3,(H,24,25,27). The van der Waals surface area contributed by atoms with Gasteiger partial charge in [-0.15, -0.1) is 0 Å². The summed E-state index contributed by atoms with van der Waals surface area (Å²) in [6.07, 6.45) is 1.59. The van der Waals surface area contributed by atoms with Gasteiger partial charge < -0.3 is 5.32 Å². The highest BCUT2D eigenvalue weighted by molar-refractivity contribution is 5.86. The van der Waals surface area contributed by atoms with Crippen LogP contribution in [0.15, 0.2) is 54.9 Å². The molecule has 0 amide bonds. The van der Waals surface area contributed by atoms with Crippen molar-refractivity contribution in [2.45, 2.75) is 40.0 Å². The number of rotatable bonds is 3. The minimum atomic E-state index is 0.129. The van der Waals surface area contributed by atoms with Gasteiger partial charge in [-0.2, -0.15) is 0 Å². The molecular weight excluding hydrogens is 346 g/mol. The molecule has 4 rings (SSSR count). The van der Waals surface area contributed by atoms with Gasteiger partial charge >= 0.3 is 0 Å². The molecule has 0 unspecified atom stereocenters. The molecule has 1 N–H and O–H groups in total. The lowest BCUT2D eigenvalue weighted by atomic mass is 9.87. The third kappa shape index (κ3) is 3.24. The highest BCUT2D eigenvalue weighted by Crippen LogP contribution is 2.28. The number of nitrogens with one attached hydrogen (secondary N) is 1. The predicted molar refractivity (Wildman–Crippen MR) is 115 cm³/mol. The maximum Gasteiger partial charge on any atom is 0.170 e. The molecule has 28 heavy (non-hydrogen) atoms. The Morgan fingerprint density at radius 3 is 2.29 bits per heavy atom. The zero-order valence-corrected chi connectivity index (χ0v) is 17.0. The van der Waals surface area contributed by atoms with E-state index in [0.29, 0.717) is 5.82 Å². The number of aryl methyl sites for hydroxylation is 2. The second-order valence-electron chi connectivity index (χ2n) is 8.13. The molecule has 0 bridgehead atoms. The quantitative estimate of drug-likeness (QED) is 0.518. The van der Waals surface area contributed by atoms with E-state index in [4.69, 9.17) is 4.98 Å². The molecule has 0 aliphatic rings. The van der Waals surface area contributed by atoms with Crippen LogP contribution < -0.4 is 5.32 Å². The summed E-state index contributed by atoms with van der Waals surface area (Å²) in [5.41, 5.74) is 6.24. The van der Waals surface area contributed by atoms with Crippen molar-refractivity contribution in [3.05, 3.63) is 71.8 Å². The molecule has 4 aromatic rings. The van der Waals surface area contributed by atoms with Crippen LogP contribution >= 0.6 is 0 Å². The van der Waals surface area contributed by atoms with E-state index in [9.17, 15) is 0 Å². The Hall–Kier alpha value is -3.21. The van der Waals surface area contributed by atoms with Gasteiger partial charge in [0.25, 0.3) is 0 Å². The molecule has 2 aromatic heterocycles. The minimum absolute atomic E-state index is 0.129. The smallest absolute Gasteiger partial charge is 0.170 e. The first-order valence-corrected chi connectivity index (χ1v) is 9.48. The second kappa shape index (κ2) is 6.75. The SMILES string of the molecule is Cc1ccccc1-n1c(C)nc2c(Nc3ccc(C(C)(C)C)cc3)ncnc21. The summed E-state index contributed by atoms with van der Waals surface area (Å²) in [4.78, 5) is 13.7. The lowest BCUT2D eigenvalue weighted by Crippen LogP contribution is -2.10. The summed E-state index contributed by atoms with van der Waals surface area (Å²) in [6.45, 7) is 10.7. The number of fused-ring (bicyclic) bond motifs is 1. The van der Waals surface area contributed by atoms with Gasteiger partial charge in [0.05, 0.1) is 5.69 Å². The van der Waals surface area contributed by atoms with Crippen LogP contribution in [0.5, 0.6) is 0 Å². The fourth-order valence-corrected chi connectivity index (χ4v) is 3.39. The van der Waals surface area contributed by atoms with E-state index in [1.54, 1.807) is 6.33 Å². The van der Waals surface area contributed by atoms with Crippen molar-refractivity contribution in [1.82, 2.24) is 19.5 Å². The van der Waals surface area contributed by atoms with Crippen molar-refractivity contribution < 1.29 is 0 Å². The third-order valence-electron chi connectivity index (χ3n) is 4.98. The van der Waals surface area contributed by atoms with Crippen molar-refractivity contribution in [2.75, 3.05) is 5.32 Å². The largest absolute Gasteiger partial charge is 0.338 e. The molecule has 0 saturated heterocycles. The first-order valence-electron chi connectivity index (χ1n) is 9.48. The minimum Gasteiger partial charge on any atom is -0.338 e. The number of anilines is 2. The van der Waals surface area contributed by atoms with Crippen LogP contribution in [0, 0.1) is 13.8 Å². The first-order chi connectivity index (χ1) is 13.3. The van der Waals surface area contributed by atoms with Crippen LogP contribution in [0.1, 0.15) is 37.7 Å². The van der Waals surface area contributed by atoms with Gasteiger partial charge in [0.2, 0.25) is 0 Å². The summed E-state index contributed by atoms with van der Waals surface area (Å²) >= 11 is 0. The fraction of sp³-hybridized carbons (Fsp3) is 0.261. The number of aromatic nitrogens is 4. The van der Waals surface area contributed by atoms with Crippen molar-refractivity contribution in [3.63, 3.8) is 0 Å². The molecular formula is C23H25N5. The summed E-state index contributed by atoms with van der Waals surface area (Å²) in [5, 5.41) is 3.41. The maximum absolute atomic E-state index is 4.76. The highest BCUT2D eigenvalue weighted by atomic mass is 15.2. The van der Waals surface area contributed by atoms with Crippen molar-refractivity contribution in [1.29, 1.82) is 0 Å². The summed E-state index contributed by atoms with van der Waals surface area (Å²) in [6, 6.07) is 16.7. The van der Waals surface area contributed by atoms with Crippen LogP contribution in [0.3, 0.4) is 0 Å². The highest BCUT2D eigenvalue weighted by Gasteiger charge is 2.17. The Balaban J connectivity index is 1.76. The first kappa shape index (κ1) is 18.2. The van der Waals surface area contributed by atoms with E-state index in [1.165, 1.54) is 11.1 Å². The molecule has 0 saturated carbocycles. The van der Waals surface area contributed by atoms with Crippen LogP contribution in [-0.2, 0) is 5.41 Å². The summed E-state index contributed by atoms with van der Waals surface area (Å²) in [5.74, 6) is 1.60. The molecule has 0 aliphatic carbocycles. The number of nitrogens with zero attached hydrogens (tertiary/aromatic N) is 4. The molecule has 2 heterocycles. The molecule has 5 heteroatoms. The van der Waals surface area contributed by atoms with Crippen molar-refractivity contribution in [2.24, 2.45) is 0 Å². The molecule has 5 nitrogen and oxygen atoms in total. The van der Waals surface area contributed by atoms with E-state index >= 15 is 0 Å². The third-order valence-corrected chi connectivity index (χ3v) is 4.98. The Morgan fingerprint density at radius 1 is 0.893 bits per heavy atom. The number of hydrogen-bond acceptors (Lipinski definition) is 4. The van der Waals surface area contributed by atoms with Gasteiger partial charge in [-0.1, -0.05) is 51.1 Å². The van der Waals surface area contributed by atoms with Gasteiger partial charge in [0, 0.05) is 5.69 Å². The van der Waals surface area contributed by atoms with E-state index in [-0.39, 0.29) is 5.41 Å². The van der Waals surface area contributed by atoms with Gasteiger partial charge in [0.15, 0.2) is 17.0 Å². The number of imidazole rings is 1. The van der Waals surface area contributed by atoms with Gasteiger partial charge in [-0.3, -0.25) is 4.57 Å². The zero-order chi connectivity index (χ0) is 19.9. The van der Waals surface area contributed by atoms with E-state index in [1.807, 2.05) is 19.1 Å². The van der Waals surface area contributed by atoms with Gasteiger partial charge in [-0.25, -0.2) is 15.0 Å². The van der Waals surface area contributed by atoms with Crippen LogP contribution in [-0.4, -0.2) is 19.5 Å². The summed E-state index contributed by atoms with van der Waals surface area (Å²) < 4.78 is 2.08. The number of benzene rings is 2. The maximum atomic E-state index is 4.76. The molecule has 0 radical (unpaired) electrons. The van der Waals surface area contributed by atoms with E-state index in [2.05, 4.69) is 83.9 Å². The Morgan fingerprint density at radius 2 is 1.61 bits per heavy atom. The monoisotopic (exact) mass is 371 g/mol. The Labute approximate surface area is 165 Å². The number of para-hydroxylation sites is 1. The average molecular weight is 371 g/mol. The molecule has 0 atom stereocenters. The predicted octanol–water partition coefficient (Wildman–Crippen LogP) is 5.47. The number of hydrogen-bond donors (Lipinski definition) is 1. The normalized spacial score (nSPS) is 11.8. The van der Waals surface area contributed by atoms with Gasteiger partial charge in [-0.05, 0) is 48.6 Å². The molecule has 0 fully saturated rings. The zero-order valence-electron chi connectivity index (χ0n) is 17.0. The summed E-state index contributed by atoms with van der Waals surface area (Å²) in [7, 11) is 0. The molecule has 0 spiro atoms.